The fraction of sp³-hybridized carbons (Fsp3) is 0.118. The van der Waals surface area contributed by atoms with Gasteiger partial charge in [0.05, 0.1) is 19.5 Å². The van der Waals surface area contributed by atoms with E-state index in [0.29, 0.717) is 4.48 Å². The maximum Gasteiger partial charge on any atom is 0.251 e. The van der Waals surface area contributed by atoms with Crippen molar-refractivity contribution in [1.82, 2.24) is 4.48 Å². The molecule has 2 aromatic carbocycles. The van der Waals surface area contributed by atoms with E-state index >= 15 is 0 Å². The van der Waals surface area contributed by atoms with Gasteiger partial charge in [0.15, 0.2) is 5.69 Å². The van der Waals surface area contributed by atoms with Crippen LogP contribution in [0.5, 0.6) is 0 Å². The Bertz CT molecular complexity index is 812. The molecule has 110 valence electrons. The number of quaternary nitrogens is 1. The van der Waals surface area contributed by atoms with Gasteiger partial charge in [0.25, 0.3) is 5.82 Å². The number of anilines is 1. The zero-order valence-corrected chi connectivity index (χ0v) is 13.7. The van der Waals surface area contributed by atoms with Gasteiger partial charge in [-0.05, 0) is 30.3 Å². The second-order valence-corrected chi connectivity index (χ2v) is 6.68. The van der Waals surface area contributed by atoms with Crippen LogP contribution in [0.4, 0.5) is 11.4 Å². The van der Waals surface area contributed by atoms with E-state index in [1.165, 1.54) is 0 Å². The molecule has 0 spiro atoms. The molecule has 2 unspecified atom stereocenters. The highest BCUT2D eigenvalue weighted by Crippen LogP contribution is 2.48. The standard InChI is InChI=1S/C17H16BrN4/c1-22-15-5-3-2-4-14(15)20-10-16(22)21-11-17(22,19)12-6-8-13(18)9-7-12/h2-11,20H,19H2,1H3/q+1. The Kier molecular flexibility index (Phi) is 2.81. The molecule has 0 aromatic heterocycles. The smallest absolute Gasteiger partial charge is 0.251 e. The van der Waals surface area contributed by atoms with Crippen LogP contribution in [0.25, 0.3) is 0 Å². The average Bonchev–Trinajstić information content (AvgIpc) is 2.81. The lowest BCUT2D eigenvalue weighted by Crippen LogP contribution is -2.64. The highest BCUT2D eigenvalue weighted by atomic mass is 79.9. The Hall–Kier alpha value is -1.95. The number of nitrogens with two attached hydrogens (primary N) is 1. The Morgan fingerprint density at radius 2 is 1.86 bits per heavy atom. The third kappa shape index (κ3) is 1.61. The molecule has 2 atom stereocenters. The quantitative estimate of drug-likeness (QED) is 0.769. The van der Waals surface area contributed by atoms with Crippen molar-refractivity contribution in [1.29, 1.82) is 0 Å². The van der Waals surface area contributed by atoms with E-state index in [4.69, 9.17) is 5.73 Å². The highest BCUT2D eigenvalue weighted by Gasteiger charge is 2.56. The summed E-state index contributed by atoms with van der Waals surface area (Å²) in [7, 11) is 2.11. The first-order valence-electron chi connectivity index (χ1n) is 7.09. The average molecular weight is 356 g/mol. The number of benzene rings is 2. The molecule has 2 aromatic rings. The monoisotopic (exact) mass is 355 g/mol. The number of nitrogens with one attached hydrogen (secondary N) is 1. The lowest BCUT2D eigenvalue weighted by molar-refractivity contribution is 0.269. The van der Waals surface area contributed by atoms with Gasteiger partial charge in [-0.3, -0.25) is 5.73 Å². The highest BCUT2D eigenvalue weighted by molar-refractivity contribution is 9.10. The summed E-state index contributed by atoms with van der Waals surface area (Å²) in [5, 5.41) is 3.30. The predicted octanol–water partition coefficient (Wildman–Crippen LogP) is 3.51. The summed E-state index contributed by atoms with van der Waals surface area (Å²) < 4.78 is 1.46. The number of hydrogen-bond acceptors (Lipinski definition) is 3. The number of aliphatic imine (C=N–C) groups is 1. The molecule has 0 saturated heterocycles. The Labute approximate surface area is 137 Å². The van der Waals surface area contributed by atoms with Crippen LogP contribution in [0.2, 0.25) is 0 Å². The van der Waals surface area contributed by atoms with Crippen molar-refractivity contribution in [2.75, 3.05) is 12.4 Å². The van der Waals surface area contributed by atoms with Crippen molar-refractivity contribution < 1.29 is 0 Å². The lowest BCUT2D eigenvalue weighted by atomic mass is 9.96. The summed E-state index contributed by atoms with van der Waals surface area (Å²) in [6, 6.07) is 16.3. The van der Waals surface area contributed by atoms with Crippen molar-refractivity contribution in [2.24, 2.45) is 10.7 Å². The maximum absolute atomic E-state index is 6.87. The van der Waals surface area contributed by atoms with Crippen molar-refractivity contribution in [3.05, 3.63) is 70.6 Å². The van der Waals surface area contributed by atoms with Crippen LogP contribution in [0.1, 0.15) is 5.56 Å². The largest absolute Gasteiger partial charge is 0.350 e. The van der Waals surface area contributed by atoms with Crippen LogP contribution in [0, 0.1) is 0 Å². The molecule has 2 heterocycles. The van der Waals surface area contributed by atoms with Gasteiger partial charge in [0, 0.05) is 16.1 Å². The zero-order valence-electron chi connectivity index (χ0n) is 12.1. The molecule has 3 N–H and O–H groups in total. The summed E-state index contributed by atoms with van der Waals surface area (Å²) in [6.45, 7) is 0. The summed E-state index contributed by atoms with van der Waals surface area (Å²) in [5.41, 5.74) is 9.35. The van der Waals surface area contributed by atoms with Crippen LogP contribution in [-0.4, -0.2) is 13.3 Å². The molecule has 2 aliphatic heterocycles. The second kappa shape index (κ2) is 4.52. The molecule has 0 amide bonds. The Morgan fingerprint density at radius 3 is 2.64 bits per heavy atom. The lowest BCUT2D eigenvalue weighted by Gasteiger charge is -2.43. The predicted molar refractivity (Wildman–Crippen MR) is 94.4 cm³/mol. The molecular weight excluding hydrogens is 340 g/mol. The molecule has 22 heavy (non-hydrogen) atoms. The number of hydrogen-bond donors (Lipinski definition) is 2. The van der Waals surface area contributed by atoms with Gasteiger partial charge in [-0.1, -0.05) is 28.1 Å². The third-order valence-corrected chi connectivity index (χ3v) is 5.17. The molecule has 4 nitrogen and oxygen atoms in total. The number of fused-ring (bicyclic) bond motifs is 3. The Balaban J connectivity index is 1.95. The van der Waals surface area contributed by atoms with Gasteiger partial charge in [-0.2, -0.15) is 4.99 Å². The minimum absolute atomic E-state index is 0.428. The molecule has 4 rings (SSSR count). The fourth-order valence-corrected chi connectivity index (χ4v) is 3.52. The van der Waals surface area contributed by atoms with E-state index in [9.17, 15) is 0 Å². The number of rotatable bonds is 1. The normalized spacial score (nSPS) is 28.6. The van der Waals surface area contributed by atoms with E-state index in [1.807, 2.05) is 48.8 Å². The van der Waals surface area contributed by atoms with E-state index in [0.717, 1.165) is 27.2 Å². The SMILES string of the molecule is C[N+]12C(=CNc3ccccc31)N=CC2(N)c1ccc(Br)cc1. The molecule has 0 bridgehead atoms. The van der Waals surface area contributed by atoms with E-state index in [2.05, 4.69) is 45.4 Å². The molecular formula is C17H16BrN4+. The van der Waals surface area contributed by atoms with Gasteiger partial charge >= 0.3 is 0 Å². The van der Waals surface area contributed by atoms with Crippen LogP contribution in [0.3, 0.4) is 0 Å². The maximum atomic E-state index is 6.87. The van der Waals surface area contributed by atoms with Gasteiger partial charge < -0.3 is 5.32 Å². The van der Waals surface area contributed by atoms with Crippen LogP contribution < -0.4 is 15.5 Å². The minimum atomic E-state index is -0.731. The zero-order chi connectivity index (χ0) is 15.4. The first kappa shape index (κ1) is 13.7. The van der Waals surface area contributed by atoms with Crippen molar-refractivity contribution in [2.45, 2.75) is 5.66 Å². The third-order valence-electron chi connectivity index (χ3n) is 4.64. The topological polar surface area (TPSA) is 50.4 Å². The van der Waals surface area contributed by atoms with Crippen molar-refractivity contribution in [3.63, 3.8) is 0 Å². The summed E-state index contributed by atoms with van der Waals surface area (Å²) >= 11 is 3.48. The second-order valence-electron chi connectivity index (χ2n) is 5.76. The van der Waals surface area contributed by atoms with Crippen molar-refractivity contribution >= 4 is 33.5 Å². The number of para-hydroxylation sites is 2. The number of nitrogens with zero attached hydrogens (tertiary/aromatic N) is 2. The minimum Gasteiger partial charge on any atom is -0.350 e. The van der Waals surface area contributed by atoms with Crippen LogP contribution in [-0.2, 0) is 5.66 Å². The Morgan fingerprint density at radius 1 is 1.14 bits per heavy atom. The van der Waals surface area contributed by atoms with Gasteiger partial charge in [0.1, 0.15) is 5.69 Å². The molecule has 0 aliphatic carbocycles. The van der Waals surface area contributed by atoms with E-state index < -0.39 is 5.66 Å². The number of halogens is 1. The van der Waals surface area contributed by atoms with Crippen LogP contribution >= 0.6 is 15.9 Å². The first-order chi connectivity index (χ1) is 10.6. The van der Waals surface area contributed by atoms with Crippen LogP contribution in [0.15, 0.2) is 70.0 Å². The van der Waals surface area contributed by atoms with Gasteiger partial charge in [-0.15, -0.1) is 0 Å². The van der Waals surface area contributed by atoms with Gasteiger partial charge in [-0.25, -0.2) is 4.48 Å². The molecule has 5 heteroatoms. The van der Waals surface area contributed by atoms with Crippen molar-refractivity contribution in [3.8, 4) is 0 Å². The summed E-state index contributed by atoms with van der Waals surface area (Å²) in [4.78, 5) is 4.59. The molecule has 0 radical (unpaired) electrons. The summed E-state index contributed by atoms with van der Waals surface area (Å²) in [6.07, 6.45) is 3.79. The van der Waals surface area contributed by atoms with E-state index in [1.54, 1.807) is 0 Å². The molecule has 0 saturated carbocycles. The van der Waals surface area contributed by atoms with Gasteiger partial charge in [0.2, 0.25) is 5.66 Å². The fourth-order valence-electron chi connectivity index (χ4n) is 3.25. The molecule has 2 aliphatic rings. The first-order valence-corrected chi connectivity index (χ1v) is 7.89. The summed E-state index contributed by atoms with van der Waals surface area (Å²) in [5.74, 6) is 0.907. The molecule has 0 fully saturated rings. The van der Waals surface area contributed by atoms with E-state index in [-0.39, 0.29) is 0 Å².